The number of ether oxygens (including phenoxy) is 2. The number of carbonyl (C=O) groups is 1. The third-order valence-electron chi connectivity index (χ3n) is 3.11. The number of hydrogen-bond donors (Lipinski definition) is 3. The maximum Gasteiger partial charge on any atom is 0.253 e. The number of aromatic amines is 1. The fourth-order valence-electron chi connectivity index (χ4n) is 1.94. The molecule has 7 nitrogen and oxygen atoms in total. The van der Waals surface area contributed by atoms with Crippen molar-refractivity contribution in [2.75, 3.05) is 14.2 Å². The SMILES string of the molecule is COCc1cc(CNC(=O)C(O)c2ccc(OC)cc2)[nH]n1. The van der Waals surface area contributed by atoms with Crippen LogP contribution < -0.4 is 10.1 Å². The van der Waals surface area contributed by atoms with Gasteiger partial charge in [-0.05, 0) is 23.8 Å². The topological polar surface area (TPSA) is 96.5 Å². The van der Waals surface area contributed by atoms with Gasteiger partial charge in [-0.25, -0.2) is 0 Å². The normalized spacial score (nSPS) is 12.0. The minimum Gasteiger partial charge on any atom is -0.497 e. The molecule has 1 amide bonds. The van der Waals surface area contributed by atoms with Gasteiger partial charge < -0.3 is 19.9 Å². The summed E-state index contributed by atoms with van der Waals surface area (Å²) in [7, 11) is 3.14. The molecule has 0 saturated heterocycles. The van der Waals surface area contributed by atoms with E-state index in [0.29, 0.717) is 17.9 Å². The second kappa shape index (κ2) is 7.58. The molecule has 118 valence electrons. The number of aliphatic hydroxyl groups is 1. The van der Waals surface area contributed by atoms with Crippen LogP contribution in [-0.2, 0) is 22.7 Å². The van der Waals surface area contributed by atoms with Crippen molar-refractivity contribution >= 4 is 5.91 Å². The highest BCUT2D eigenvalue weighted by Gasteiger charge is 2.17. The van der Waals surface area contributed by atoms with E-state index in [-0.39, 0.29) is 6.54 Å². The van der Waals surface area contributed by atoms with Crippen molar-refractivity contribution in [1.29, 1.82) is 0 Å². The van der Waals surface area contributed by atoms with Gasteiger partial charge in [0.1, 0.15) is 5.75 Å². The number of rotatable bonds is 7. The summed E-state index contributed by atoms with van der Waals surface area (Å²) in [5.74, 6) is 0.188. The van der Waals surface area contributed by atoms with E-state index in [0.717, 1.165) is 11.4 Å². The highest BCUT2D eigenvalue weighted by Crippen LogP contribution is 2.17. The van der Waals surface area contributed by atoms with Gasteiger partial charge in [-0.2, -0.15) is 5.10 Å². The highest BCUT2D eigenvalue weighted by atomic mass is 16.5. The zero-order chi connectivity index (χ0) is 15.9. The summed E-state index contributed by atoms with van der Waals surface area (Å²) in [5.41, 5.74) is 1.99. The van der Waals surface area contributed by atoms with Gasteiger partial charge in [0, 0.05) is 7.11 Å². The second-order valence-corrected chi connectivity index (χ2v) is 4.71. The van der Waals surface area contributed by atoms with Crippen LogP contribution in [0, 0.1) is 0 Å². The van der Waals surface area contributed by atoms with E-state index in [4.69, 9.17) is 9.47 Å². The molecule has 0 aliphatic carbocycles. The van der Waals surface area contributed by atoms with E-state index in [2.05, 4.69) is 15.5 Å². The monoisotopic (exact) mass is 305 g/mol. The molecule has 0 aliphatic heterocycles. The first-order valence-electron chi connectivity index (χ1n) is 6.76. The van der Waals surface area contributed by atoms with E-state index in [1.165, 1.54) is 0 Å². The fourth-order valence-corrected chi connectivity index (χ4v) is 1.94. The number of nitrogens with one attached hydrogen (secondary N) is 2. The Labute approximate surface area is 128 Å². The molecule has 0 saturated carbocycles. The first kappa shape index (κ1) is 16.0. The van der Waals surface area contributed by atoms with E-state index in [1.807, 2.05) is 0 Å². The van der Waals surface area contributed by atoms with Crippen LogP contribution in [0.25, 0.3) is 0 Å². The van der Waals surface area contributed by atoms with E-state index in [1.54, 1.807) is 44.6 Å². The smallest absolute Gasteiger partial charge is 0.253 e. The van der Waals surface area contributed by atoms with Gasteiger partial charge in [-0.1, -0.05) is 12.1 Å². The number of H-pyrrole nitrogens is 1. The number of nitrogens with zero attached hydrogens (tertiary/aromatic N) is 1. The number of amides is 1. The Kier molecular flexibility index (Phi) is 5.51. The third-order valence-corrected chi connectivity index (χ3v) is 3.11. The molecule has 1 aromatic carbocycles. The Balaban J connectivity index is 1.89. The Morgan fingerprint density at radius 3 is 2.73 bits per heavy atom. The average Bonchev–Trinajstić information content (AvgIpc) is 3.00. The lowest BCUT2D eigenvalue weighted by Gasteiger charge is -2.11. The molecule has 1 unspecified atom stereocenters. The molecular formula is C15H19N3O4. The average molecular weight is 305 g/mol. The molecule has 0 bridgehead atoms. The molecule has 2 rings (SSSR count). The number of methoxy groups -OCH3 is 2. The molecule has 0 aliphatic rings. The number of benzene rings is 1. The number of aromatic nitrogens is 2. The zero-order valence-corrected chi connectivity index (χ0v) is 12.5. The summed E-state index contributed by atoms with van der Waals surface area (Å²) in [6, 6.07) is 8.48. The zero-order valence-electron chi connectivity index (χ0n) is 12.5. The molecule has 0 radical (unpaired) electrons. The quantitative estimate of drug-likeness (QED) is 0.706. The van der Waals surface area contributed by atoms with Crippen molar-refractivity contribution in [3.8, 4) is 5.75 Å². The Morgan fingerprint density at radius 1 is 1.36 bits per heavy atom. The van der Waals surface area contributed by atoms with E-state index >= 15 is 0 Å². The van der Waals surface area contributed by atoms with Crippen molar-refractivity contribution in [3.05, 3.63) is 47.3 Å². The van der Waals surface area contributed by atoms with Crippen molar-refractivity contribution in [2.45, 2.75) is 19.3 Å². The minimum absolute atomic E-state index is 0.253. The second-order valence-electron chi connectivity index (χ2n) is 4.71. The third kappa shape index (κ3) is 4.06. The van der Waals surface area contributed by atoms with Crippen LogP contribution in [0.1, 0.15) is 23.1 Å². The lowest BCUT2D eigenvalue weighted by molar-refractivity contribution is -0.129. The summed E-state index contributed by atoms with van der Waals surface area (Å²) in [6.07, 6.45) is -1.23. The Morgan fingerprint density at radius 2 is 2.09 bits per heavy atom. The summed E-state index contributed by atoms with van der Waals surface area (Å²) in [6.45, 7) is 0.654. The van der Waals surface area contributed by atoms with Crippen molar-refractivity contribution in [2.24, 2.45) is 0 Å². The molecule has 2 aromatic rings. The van der Waals surface area contributed by atoms with Gasteiger partial charge in [-0.3, -0.25) is 9.89 Å². The molecule has 1 heterocycles. The van der Waals surface area contributed by atoms with Gasteiger partial charge in [0.25, 0.3) is 5.91 Å². The summed E-state index contributed by atoms with van der Waals surface area (Å²) >= 11 is 0. The first-order valence-corrected chi connectivity index (χ1v) is 6.76. The molecule has 0 fully saturated rings. The van der Waals surface area contributed by atoms with Crippen LogP contribution in [0.3, 0.4) is 0 Å². The number of aliphatic hydroxyl groups excluding tert-OH is 1. The lowest BCUT2D eigenvalue weighted by atomic mass is 10.1. The lowest BCUT2D eigenvalue weighted by Crippen LogP contribution is -2.28. The van der Waals surface area contributed by atoms with Crippen molar-refractivity contribution in [1.82, 2.24) is 15.5 Å². The molecule has 3 N–H and O–H groups in total. The largest absolute Gasteiger partial charge is 0.497 e. The number of hydrogen-bond acceptors (Lipinski definition) is 5. The van der Waals surface area contributed by atoms with Gasteiger partial charge in [0.15, 0.2) is 6.10 Å². The van der Waals surface area contributed by atoms with Crippen LogP contribution in [0.2, 0.25) is 0 Å². The standard InChI is InChI=1S/C15H19N3O4/c1-21-9-12-7-11(17-18-12)8-16-15(20)14(19)10-3-5-13(22-2)6-4-10/h3-7,14,19H,8-9H2,1-2H3,(H,16,20)(H,17,18). The minimum atomic E-state index is -1.23. The molecule has 7 heteroatoms. The highest BCUT2D eigenvalue weighted by molar-refractivity contribution is 5.81. The molecular weight excluding hydrogens is 286 g/mol. The van der Waals surface area contributed by atoms with Crippen molar-refractivity contribution in [3.63, 3.8) is 0 Å². The number of carbonyl (C=O) groups excluding carboxylic acids is 1. The van der Waals surface area contributed by atoms with Crippen LogP contribution in [0.4, 0.5) is 0 Å². The van der Waals surface area contributed by atoms with Gasteiger partial charge in [-0.15, -0.1) is 0 Å². The summed E-state index contributed by atoms with van der Waals surface area (Å²) < 4.78 is 10.00. The Hall–Kier alpha value is -2.38. The maximum atomic E-state index is 12.0. The molecule has 22 heavy (non-hydrogen) atoms. The molecule has 1 atom stereocenters. The van der Waals surface area contributed by atoms with Crippen LogP contribution in [0.5, 0.6) is 5.75 Å². The van der Waals surface area contributed by atoms with Crippen molar-refractivity contribution < 1.29 is 19.4 Å². The molecule has 1 aromatic heterocycles. The predicted octanol–water partition coefficient (Wildman–Crippen LogP) is 0.915. The van der Waals surface area contributed by atoms with E-state index < -0.39 is 12.0 Å². The van der Waals surface area contributed by atoms with Crippen LogP contribution in [0.15, 0.2) is 30.3 Å². The van der Waals surface area contributed by atoms with Gasteiger partial charge in [0.2, 0.25) is 0 Å². The Bertz CT molecular complexity index is 610. The van der Waals surface area contributed by atoms with Crippen LogP contribution >= 0.6 is 0 Å². The fraction of sp³-hybridized carbons (Fsp3) is 0.333. The molecule has 0 spiro atoms. The summed E-state index contributed by atoms with van der Waals surface area (Å²) in [5, 5.41) is 19.5. The van der Waals surface area contributed by atoms with E-state index in [9.17, 15) is 9.90 Å². The predicted molar refractivity (Wildman–Crippen MR) is 79.1 cm³/mol. The van der Waals surface area contributed by atoms with Gasteiger partial charge >= 0.3 is 0 Å². The maximum absolute atomic E-state index is 12.0. The van der Waals surface area contributed by atoms with Gasteiger partial charge in [0.05, 0.1) is 31.6 Å². The first-order chi connectivity index (χ1) is 10.6. The van der Waals surface area contributed by atoms with Crippen LogP contribution in [-0.4, -0.2) is 35.4 Å². The summed E-state index contributed by atoms with van der Waals surface area (Å²) in [4.78, 5) is 12.0.